The molecule has 2 aromatic carbocycles. The van der Waals surface area contributed by atoms with Crippen molar-refractivity contribution >= 4 is 28.4 Å². The number of ether oxygens (including phenoxy) is 2. The molecule has 2 aliphatic heterocycles. The van der Waals surface area contributed by atoms with Crippen molar-refractivity contribution in [3.63, 3.8) is 0 Å². The van der Waals surface area contributed by atoms with Gasteiger partial charge >= 0.3 is 6.61 Å². The van der Waals surface area contributed by atoms with Gasteiger partial charge in [0.05, 0.1) is 17.1 Å². The summed E-state index contributed by atoms with van der Waals surface area (Å²) in [4.78, 5) is 4.67. The highest BCUT2D eigenvalue weighted by Crippen LogP contribution is 2.51. The predicted octanol–water partition coefficient (Wildman–Crippen LogP) is 5.33. The van der Waals surface area contributed by atoms with Crippen LogP contribution in [0.15, 0.2) is 43.0 Å². The number of benzene rings is 2. The van der Waals surface area contributed by atoms with E-state index in [-0.39, 0.29) is 17.9 Å². The number of nitrogens with zero attached hydrogens (tertiary/aromatic N) is 2. The van der Waals surface area contributed by atoms with E-state index < -0.39 is 6.61 Å². The highest BCUT2D eigenvalue weighted by atomic mass is 35.5. The van der Waals surface area contributed by atoms with Crippen molar-refractivity contribution in [2.24, 2.45) is 0 Å². The lowest BCUT2D eigenvalue weighted by Gasteiger charge is -2.22. The number of alkyl halides is 2. The molecule has 0 N–H and O–H groups in total. The van der Waals surface area contributed by atoms with E-state index >= 15 is 0 Å². The number of fused-ring (bicyclic) bond motifs is 9. The van der Waals surface area contributed by atoms with Gasteiger partial charge in [-0.1, -0.05) is 30.3 Å². The third kappa shape index (κ3) is 2.15. The molecule has 2 bridgehead atoms. The van der Waals surface area contributed by atoms with Gasteiger partial charge in [-0.2, -0.15) is 8.78 Å². The summed E-state index contributed by atoms with van der Waals surface area (Å²) < 4.78 is 38.8. The highest BCUT2D eigenvalue weighted by Gasteiger charge is 2.42. The maximum Gasteiger partial charge on any atom is 0.387 e. The number of rotatable bonds is 2. The Morgan fingerprint density at radius 2 is 2.15 bits per heavy atom. The van der Waals surface area contributed by atoms with Crippen molar-refractivity contribution in [1.29, 1.82) is 0 Å². The molecule has 1 aromatic heterocycles. The predicted molar refractivity (Wildman–Crippen MR) is 93.4 cm³/mol. The molecule has 0 radical (unpaired) electrons. The lowest BCUT2D eigenvalue weighted by atomic mass is 9.97. The number of halogens is 3. The fourth-order valence-electron chi connectivity index (χ4n) is 3.97. The average molecular weight is 375 g/mol. The topological polar surface area (TPSA) is 36.3 Å². The van der Waals surface area contributed by atoms with Gasteiger partial charge in [0.25, 0.3) is 0 Å². The minimum Gasteiger partial charge on any atom is -0.482 e. The minimum atomic E-state index is -2.91. The van der Waals surface area contributed by atoms with Gasteiger partial charge in [0, 0.05) is 22.6 Å². The van der Waals surface area contributed by atoms with Crippen molar-refractivity contribution in [2.75, 3.05) is 0 Å². The van der Waals surface area contributed by atoms with Gasteiger partial charge in [-0.15, -0.1) is 0 Å². The summed E-state index contributed by atoms with van der Waals surface area (Å²) in [6, 6.07) is 10.2. The van der Waals surface area contributed by atoms with Gasteiger partial charge in [0.2, 0.25) is 0 Å². The molecule has 0 amide bonds. The fourth-order valence-corrected chi connectivity index (χ4v) is 4.13. The first kappa shape index (κ1) is 15.6. The third-order valence-corrected chi connectivity index (χ3v) is 5.15. The van der Waals surface area contributed by atoms with Crippen molar-refractivity contribution in [2.45, 2.75) is 25.2 Å². The smallest absolute Gasteiger partial charge is 0.387 e. The molecule has 0 aliphatic carbocycles. The van der Waals surface area contributed by atoms with E-state index in [1.165, 1.54) is 0 Å². The lowest BCUT2D eigenvalue weighted by molar-refractivity contribution is -0.0506. The molecule has 26 heavy (non-hydrogen) atoms. The quantitative estimate of drug-likeness (QED) is 0.608. The Hall–Kier alpha value is -2.60. The van der Waals surface area contributed by atoms with Gasteiger partial charge < -0.3 is 14.0 Å². The second-order valence-electron chi connectivity index (χ2n) is 6.35. The molecule has 0 fully saturated rings. The Labute approximate surface area is 152 Å². The summed E-state index contributed by atoms with van der Waals surface area (Å²) >= 11 is 6.17. The molecule has 5 rings (SSSR count). The lowest BCUT2D eigenvalue weighted by Crippen LogP contribution is -2.13. The van der Waals surface area contributed by atoms with E-state index in [9.17, 15) is 8.78 Å². The number of imidazole rings is 1. The van der Waals surface area contributed by atoms with Crippen LogP contribution in [0.2, 0.25) is 5.02 Å². The zero-order valence-corrected chi connectivity index (χ0v) is 14.2. The number of aromatic nitrogens is 2. The van der Waals surface area contributed by atoms with Crippen LogP contribution in [0.1, 0.15) is 35.5 Å². The summed E-state index contributed by atoms with van der Waals surface area (Å²) in [5.41, 5.74) is 2.93. The first-order chi connectivity index (χ1) is 12.5. The molecule has 132 valence electrons. The van der Waals surface area contributed by atoms with Gasteiger partial charge in [-0.25, -0.2) is 4.98 Å². The first-order valence-corrected chi connectivity index (χ1v) is 8.52. The van der Waals surface area contributed by atoms with E-state index in [0.29, 0.717) is 28.3 Å². The molecular weight excluding hydrogens is 362 g/mol. The molecule has 0 spiro atoms. The summed E-state index contributed by atoms with van der Waals surface area (Å²) in [6.07, 6.45) is 0.269. The third-order valence-electron chi connectivity index (χ3n) is 4.92. The van der Waals surface area contributed by atoms with Crippen LogP contribution in [0.25, 0.3) is 16.8 Å². The maximum atomic E-state index is 13.0. The number of hydrogen-bond donors (Lipinski definition) is 0. The maximum absolute atomic E-state index is 13.0. The van der Waals surface area contributed by atoms with E-state index in [0.717, 1.165) is 16.9 Å². The minimum absolute atomic E-state index is 0.129. The molecule has 2 atom stereocenters. The van der Waals surface area contributed by atoms with E-state index in [2.05, 4.69) is 11.6 Å². The van der Waals surface area contributed by atoms with Gasteiger partial charge in [0.15, 0.2) is 11.9 Å². The second kappa shape index (κ2) is 5.45. The normalized spacial score (nSPS) is 20.7. The average Bonchev–Trinajstić information content (AvgIpc) is 3.07. The molecular formula is C19H13ClF2N2O2. The van der Waals surface area contributed by atoms with Crippen LogP contribution in [0.5, 0.6) is 5.75 Å². The first-order valence-electron chi connectivity index (χ1n) is 8.14. The van der Waals surface area contributed by atoms with Crippen LogP contribution in [0.3, 0.4) is 0 Å². The summed E-state index contributed by atoms with van der Waals surface area (Å²) in [5, 5.41) is 0.585. The van der Waals surface area contributed by atoms with Crippen LogP contribution in [0.4, 0.5) is 8.78 Å². The summed E-state index contributed by atoms with van der Waals surface area (Å²) in [7, 11) is 0. The Kier molecular flexibility index (Phi) is 3.28. The Morgan fingerprint density at radius 1 is 1.31 bits per heavy atom. The summed E-state index contributed by atoms with van der Waals surface area (Å²) in [6.45, 7) is 1.06. The largest absolute Gasteiger partial charge is 0.482 e. The van der Waals surface area contributed by atoms with Crippen LogP contribution in [0, 0.1) is 0 Å². The van der Waals surface area contributed by atoms with Crippen molar-refractivity contribution in [3.8, 4) is 5.75 Å². The van der Waals surface area contributed by atoms with Crippen molar-refractivity contribution in [3.05, 3.63) is 65.0 Å². The Balaban J connectivity index is 1.79. The van der Waals surface area contributed by atoms with Gasteiger partial charge in [-0.3, -0.25) is 0 Å². The van der Waals surface area contributed by atoms with Gasteiger partial charge in [0.1, 0.15) is 11.5 Å². The van der Waals surface area contributed by atoms with Crippen LogP contribution >= 0.6 is 11.6 Å². The zero-order valence-electron chi connectivity index (χ0n) is 13.5. The molecule has 4 nitrogen and oxygen atoms in total. The standard InChI is InChI=1S/C19H13ClF2N2O2/c1-9-11-3-2-4-15(26-19(21)22)17(11)14-8-16(25-9)18-23-12-6-5-10(20)7-13(12)24(14)18/h2-7,14,16,19H,1,8H2/t14-,16-/m1/s1. The molecule has 2 aliphatic rings. The highest BCUT2D eigenvalue weighted by molar-refractivity contribution is 6.31. The van der Waals surface area contributed by atoms with E-state index in [1.807, 2.05) is 22.8 Å². The molecule has 0 saturated carbocycles. The van der Waals surface area contributed by atoms with Crippen molar-refractivity contribution < 1.29 is 18.3 Å². The zero-order chi connectivity index (χ0) is 18.0. The molecule has 3 heterocycles. The van der Waals surface area contributed by atoms with Crippen molar-refractivity contribution in [1.82, 2.24) is 9.55 Å². The molecule has 0 unspecified atom stereocenters. The monoisotopic (exact) mass is 374 g/mol. The van der Waals surface area contributed by atoms with Crippen LogP contribution < -0.4 is 4.74 Å². The van der Waals surface area contributed by atoms with Gasteiger partial charge in [-0.05, 0) is 24.3 Å². The van der Waals surface area contributed by atoms with Crippen LogP contribution in [-0.4, -0.2) is 16.2 Å². The van der Waals surface area contributed by atoms with E-state index in [1.54, 1.807) is 18.2 Å². The van der Waals surface area contributed by atoms with Crippen LogP contribution in [-0.2, 0) is 4.74 Å². The fraction of sp³-hybridized carbons (Fsp3) is 0.211. The Bertz CT molecular complexity index is 1060. The molecule has 0 saturated heterocycles. The second-order valence-corrected chi connectivity index (χ2v) is 6.79. The number of hydrogen-bond acceptors (Lipinski definition) is 3. The SMILES string of the molecule is C=C1O[C@@H]2C[C@H](c3c(OC(F)F)cccc31)n1c2nc2ccc(Cl)cc21. The Morgan fingerprint density at radius 3 is 2.96 bits per heavy atom. The van der Waals surface area contributed by atoms with E-state index in [4.69, 9.17) is 21.1 Å². The summed E-state index contributed by atoms with van der Waals surface area (Å²) in [5.74, 6) is 1.30. The molecule has 3 aromatic rings. The molecule has 7 heteroatoms.